The molecule has 3 aromatic carbocycles. The third-order valence-corrected chi connectivity index (χ3v) is 5.16. The van der Waals surface area contributed by atoms with Crippen LogP contribution in [0.3, 0.4) is 0 Å². The minimum Gasteiger partial charge on any atom is -0.497 e. The average Bonchev–Trinajstić information content (AvgIpc) is 2.78. The number of hydrazone groups is 1. The standard InChI is InChI=1S/C24H21Cl2N3O3/c1-15(28-29-23(30)13-16-3-10-20(32-2)11-4-16)17-5-8-19(9-6-17)27-24(31)21-12-7-18(25)14-22(21)26/h3-12,14H,13H2,1-2H3,(H,27,31)(H,29,30)/b28-15+. The minimum absolute atomic E-state index is 0.207. The number of benzene rings is 3. The molecule has 0 bridgehead atoms. The van der Waals surface area contributed by atoms with E-state index in [-0.39, 0.29) is 23.3 Å². The van der Waals surface area contributed by atoms with Crippen LogP contribution in [0.5, 0.6) is 5.75 Å². The van der Waals surface area contributed by atoms with Crippen LogP contribution < -0.4 is 15.5 Å². The van der Waals surface area contributed by atoms with Crippen molar-refractivity contribution in [2.24, 2.45) is 5.10 Å². The number of nitrogens with zero attached hydrogens (tertiary/aromatic N) is 1. The Bertz CT molecular complexity index is 1140. The van der Waals surface area contributed by atoms with Crippen molar-refractivity contribution in [2.45, 2.75) is 13.3 Å². The number of carbonyl (C=O) groups excluding carboxylic acids is 2. The summed E-state index contributed by atoms with van der Waals surface area (Å²) >= 11 is 11.9. The van der Waals surface area contributed by atoms with Crippen LogP contribution in [0.25, 0.3) is 0 Å². The van der Waals surface area contributed by atoms with Crippen molar-refractivity contribution in [3.8, 4) is 5.75 Å². The lowest BCUT2D eigenvalue weighted by atomic mass is 10.1. The second-order valence-corrected chi connectivity index (χ2v) is 7.76. The molecule has 0 saturated carbocycles. The zero-order valence-corrected chi connectivity index (χ0v) is 19.0. The fraction of sp³-hybridized carbons (Fsp3) is 0.125. The molecule has 8 heteroatoms. The molecule has 0 unspecified atom stereocenters. The van der Waals surface area contributed by atoms with Crippen molar-refractivity contribution in [1.82, 2.24) is 5.43 Å². The Labute approximate surface area is 196 Å². The third-order valence-electron chi connectivity index (χ3n) is 4.61. The molecule has 0 fully saturated rings. The Kier molecular flexibility index (Phi) is 7.87. The molecule has 164 valence electrons. The van der Waals surface area contributed by atoms with Crippen molar-refractivity contribution in [2.75, 3.05) is 12.4 Å². The lowest BCUT2D eigenvalue weighted by molar-refractivity contribution is -0.120. The van der Waals surface area contributed by atoms with E-state index in [4.69, 9.17) is 27.9 Å². The zero-order valence-electron chi connectivity index (χ0n) is 17.5. The van der Waals surface area contributed by atoms with Gasteiger partial charge in [-0.2, -0.15) is 5.10 Å². The van der Waals surface area contributed by atoms with Gasteiger partial charge in [0, 0.05) is 10.7 Å². The van der Waals surface area contributed by atoms with E-state index < -0.39 is 0 Å². The number of methoxy groups -OCH3 is 1. The molecule has 0 heterocycles. The zero-order chi connectivity index (χ0) is 23.1. The second kappa shape index (κ2) is 10.8. The lowest BCUT2D eigenvalue weighted by Crippen LogP contribution is -2.21. The molecule has 2 N–H and O–H groups in total. The molecule has 3 rings (SSSR count). The van der Waals surface area contributed by atoms with Crippen LogP contribution in [-0.2, 0) is 11.2 Å². The highest BCUT2D eigenvalue weighted by Crippen LogP contribution is 2.22. The first-order chi connectivity index (χ1) is 15.4. The first-order valence-corrected chi connectivity index (χ1v) is 10.4. The van der Waals surface area contributed by atoms with E-state index in [0.29, 0.717) is 22.0 Å². The van der Waals surface area contributed by atoms with E-state index in [1.165, 1.54) is 6.07 Å². The number of anilines is 1. The molecule has 0 spiro atoms. The van der Waals surface area contributed by atoms with Gasteiger partial charge >= 0.3 is 0 Å². The van der Waals surface area contributed by atoms with Crippen molar-refractivity contribution < 1.29 is 14.3 Å². The number of nitrogens with one attached hydrogen (secondary N) is 2. The average molecular weight is 470 g/mol. The highest BCUT2D eigenvalue weighted by atomic mass is 35.5. The molecule has 0 saturated heterocycles. The largest absolute Gasteiger partial charge is 0.497 e. The monoisotopic (exact) mass is 469 g/mol. The topological polar surface area (TPSA) is 79.8 Å². The Hall–Kier alpha value is -3.35. The van der Waals surface area contributed by atoms with Crippen molar-refractivity contribution in [3.63, 3.8) is 0 Å². The number of amides is 2. The quantitative estimate of drug-likeness (QED) is 0.362. The van der Waals surface area contributed by atoms with Gasteiger partial charge in [0.2, 0.25) is 5.91 Å². The van der Waals surface area contributed by atoms with E-state index in [1.807, 2.05) is 12.1 Å². The molecule has 0 aliphatic carbocycles. The molecule has 2 amide bonds. The molecular formula is C24H21Cl2N3O3. The Morgan fingerprint density at radius 2 is 1.66 bits per heavy atom. The van der Waals surface area contributed by atoms with Gasteiger partial charge in [0.25, 0.3) is 5.91 Å². The predicted octanol–water partition coefficient (Wildman–Crippen LogP) is 5.34. The number of rotatable bonds is 7. The first kappa shape index (κ1) is 23.3. The smallest absolute Gasteiger partial charge is 0.257 e. The summed E-state index contributed by atoms with van der Waals surface area (Å²) in [4.78, 5) is 24.6. The van der Waals surface area contributed by atoms with Crippen LogP contribution in [0, 0.1) is 0 Å². The highest BCUT2D eigenvalue weighted by Gasteiger charge is 2.11. The number of hydrogen-bond acceptors (Lipinski definition) is 4. The van der Waals surface area contributed by atoms with Crippen LogP contribution in [0.15, 0.2) is 71.8 Å². The summed E-state index contributed by atoms with van der Waals surface area (Å²) in [5.74, 6) is 0.174. The van der Waals surface area contributed by atoms with Crippen LogP contribution >= 0.6 is 23.2 Å². The lowest BCUT2D eigenvalue weighted by Gasteiger charge is -2.08. The Balaban J connectivity index is 1.57. The summed E-state index contributed by atoms with van der Waals surface area (Å²) < 4.78 is 5.11. The predicted molar refractivity (Wildman–Crippen MR) is 128 cm³/mol. The van der Waals surface area contributed by atoms with Crippen LogP contribution in [0.1, 0.15) is 28.4 Å². The molecule has 6 nitrogen and oxygen atoms in total. The van der Waals surface area contributed by atoms with Crippen molar-refractivity contribution >= 4 is 46.4 Å². The van der Waals surface area contributed by atoms with E-state index in [1.54, 1.807) is 62.6 Å². The van der Waals surface area contributed by atoms with Crippen LogP contribution in [0.4, 0.5) is 5.69 Å². The van der Waals surface area contributed by atoms with E-state index in [9.17, 15) is 9.59 Å². The molecule has 32 heavy (non-hydrogen) atoms. The van der Waals surface area contributed by atoms with Gasteiger partial charge in [-0.05, 0) is 60.5 Å². The number of halogens is 2. The summed E-state index contributed by atoms with van der Waals surface area (Å²) in [7, 11) is 1.59. The molecule has 0 aliphatic heterocycles. The second-order valence-electron chi connectivity index (χ2n) is 6.91. The maximum Gasteiger partial charge on any atom is 0.257 e. The molecular weight excluding hydrogens is 449 g/mol. The minimum atomic E-state index is -0.337. The van der Waals surface area contributed by atoms with Gasteiger partial charge < -0.3 is 10.1 Å². The van der Waals surface area contributed by atoms with E-state index in [2.05, 4.69) is 15.8 Å². The van der Waals surface area contributed by atoms with Gasteiger partial charge in [-0.1, -0.05) is 47.5 Å². The molecule has 0 aromatic heterocycles. The Morgan fingerprint density at radius 1 is 0.969 bits per heavy atom. The van der Waals surface area contributed by atoms with Gasteiger partial charge in [-0.25, -0.2) is 5.43 Å². The summed E-state index contributed by atoms with van der Waals surface area (Å²) in [6.07, 6.45) is 0.207. The SMILES string of the molecule is COc1ccc(CC(=O)N/N=C(\C)c2ccc(NC(=O)c3ccc(Cl)cc3Cl)cc2)cc1. The van der Waals surface area contributed by atoms with Crippen molar-refractivity contribution in [1.29, 1.82) is 0 Å². The van der Waals surface area contributed by atoms with Gasteiger partial charge in [-0.3, -0.25) is 9.59 Å². The fourth-order valence-electron chi connectivity index (χ4n) is 2.85. The van der Waals surface area contributed by atoms with E-state index >= 15 is 0 Å². The number of ether oxygens (including phenoxy) is 1. The summed E-state index contributed by atoms with van der Waals surface area (Å²) in [5.41, 5.74) is 5.78. The summed E-state index contributed by atoms with van der Waals surface area (Å²) in [5, 5.41) is 7.68. The van der Waals surface area contributed by atoms with Crippen LogP contribution in [0.2, 0.25) is 10.0 Å². The van der Waals surface area contributed by atoms with Gasteiger partial charge in [-0.15, -0.1) is 0 Å². The fourth-order valence-corrected chi connectivity index (χ4v) is 3.34. The number of carbonyl (C=O) groups is 2. The van der Waals surface area contributed by atoms with Crippen LogP contribution in [-0.4, -0.2) is 24.6 Å². The number of hydrogen-bond donors (Lipinski definition) is 2. The maximum absolute atomic E-state index is 12.4. The van der Waals surface area contributed by atoms with Crippen molar-refractivity contribution in [3.05, 3.63) is 93.5 Å². The first-order valence-electron chi connectivity index (χ1n) is 9.68. The molecule has 0 aliphatic rings. The molecule has 0 atom stereocenters. The highest BCUT2D eigenvalue weighted by molar-refractivity contribution is 6.37. The summed E-state index contributed by atoms with van der Waals surface area (Å²) in [6.45, 7) is 1.79. The van der Waals surface area contributed by atoms with Gasteiger partial charge in [0.05, 0.1) is 29.8 Å². The Morgan fingerprint density at radius 3 is 2.28 bits per heavy atom. The van der Waals surface area contributed by atoms with Gasteiger partial charge in [0.15, 0.2) is 0 Å². The third kappa shape index (κ3) is 6.33. The normalized spacial score (nSPS) is 11.1. The maximum atomic E-state index is 12.4. The summed E-state index contributed by atoms with van der Waals surface area (Å²) in [6, 6.07) is 19.1. The van der Waals surface area contributed by atoms with Gasteiger partial charge in [0.1, 0.15) is 5.75 Å². The molecule has 3 aromatic rings. The molecule has 0 radical (unpaired) electrons. The van der Waals surface area contributed by atoms with E-state index in [0.717, 1.165) is 16.9 Å².